The minimum absolute atomic E-state index is 0.0513. The monoisotopic (exact) mass is 334 g/mol. The van der Waals surface area contributed by atoms with Crippen molar-refractivity contribution in [2.45, 2.75) is 0 Å². The maximum atomic E-state index is 12.3. The Hall–Kier alpha value is -3.81. The Morgan fingerprint density at radius 3 is 2.28 bits per heavy atom. The lowest BCUT2D eigenvalue weighted by Gasteiger charge is -2.12. The molecule has 0 spiro atoms. The molecule has 0 aliphatic carbocycles. The molecule has 0 radical (unpaired) electrons. The molecule has 1 aromatic carbocycles. The molecule has 25 heavy (non-hydrogen) atoms. The first-order valence-corrected chi connectivity index (χ1v) is 7.32. The predicted molar refractivity (Wildman–Crippen MR) is 83.7 cm³/mol. The lowest BCUT2D eigenvalue weighted by atomic mass is 10.1. The average Bonchev–Trinajstić information content (AvgIpc) is 3.26. The van der Waals surface area contributed by atoms with Gasteiger partial charge in [0.1, 0.15) is 0 Å². The molecule has 2 amide bonds. The number of pyridine rings is 1. The van der Waals surface area contributed by atoms with Crippen LogP contribution < -0.4 is 0 Å². The number of hydrogen-bond acceptors (Lipinski definition) is 6. The fourth-order valence-corrected chi connectivity index (χ4v) is 2.45. The minimum atomic E-state index is -0.913. The summed E-state index contributed by atoms with van der Waals surface area (Å²) < 4.78 is 1.47. The largest absolute Gasteiger partial charge is 0.382 e. The lowest BCUT2D eigenvalue weighted by molar-refractivity contribution is -0.0588. The van der Waals surface area contributed by atoms with Gasteiger partial charge < -0.3 is 4.84 Å². The molecule has 0 N–H and O–H groups in total. The average molecular weight is 334 g/mol. The molecule has 8 nitrogen and oxygen atoms in total. The summed E-state index contributed by atoms with van der Waals surface area (Å²) in [6, 6.07) is 12.7. The van der Waals surface area contributed by atoms with Crippen LogP contribution in [0.3, 0.4) is 0 Å². The Morgan fingerprint density at radius 2 is 1.64 bits per heavy atom. The van der Waals surface area contributed by atoms with E-state index in [0.29, 0.717) is 10.9 Å². The molecule has 0 atom stereocenters. The van der Waals surface area contributed by atoms with Crippen molar-refractivity contribution in [1.82, 2.24) is 19.8 Å². The molecule has 0 saturated carbocycles. The van der Waals surface area contributed by atoms with E-state index in [1.807, 2.05) is 0 Å². The third kappa shape index (κ3) is 2.45. The molecular weight excluding hydrogens is 324 g/mol. The summed E-state index contributed by atoms with van der Waals surface area (Å²) in [7, 11) is 0. The fraction of sp³-hybridized carbons (Fsp3) is 0. The first-order valence-electron chi connectivity index (χ1n) is 7.32. The fourth-order valence-electron chi connectivity index (χ4n) is 2.45. The molecule has 4 rings (SSSR count). The molecular formula is C17H10N4O4. The van der Waals surface area contributed by atoms with E-state index < -0.39 is 17.8 Å². The van der Waals surface area contributed by atoms with Crippen molar-refractivity contribution < 1.29 is 19.2 Å². The van der Waals surface area contributed by atoms with Crippen molar-refractivity contribution in [2.24, 2.45) is 0 Å². The van der Waals surface area contributed by atoms with E-state index in [4.69, 9.17) is 4.84 Å². The molecule has 1 aliphatic rings. The number of benzene rings is 1. The zero-order valence-electron chi connectivity index (χ0n) is 12.7. The van der Waals surface area contributed by atoms with Gasteiger partial charge in [-0.15, -0.1) is 0 Å². The van der Waals surface area contributed by atoms with Gasteiger partial charge in [-0.2, -0.15) is 5.10 Å². The highest BCUT2D eigenvalue weighted by Crippen LogP contribution is 2.23. The van der Waals surface area contributed by atoms with E-state index >= 15 is 0 Å². The number of carbonyl (C=O) groups excluding carboxylic acids is 3. The first-order chi connectivity index (χ1) is 12.1. The second-order valence-corrected chi connectivity index (χ2v) is 5.16. The first kappa shape index (κ1) is 14.8. The topological polar surface area (TPSA) is 94.4 Å². The second kappa shape index (κ2) is 5.68. The number of carbonyl (C=O) groups is 3. The maximum Gasteiger partial charge on any atom is 0.382 e. The standard InChI is InChI=1S/C17H10N4O4/c22-15-11-5-1-2-6-12(11)16(23)21(15)25-17(24)13-7-3-8-14(19-13)20-10-4-9-18-20/h1-10H. The van der Waals surface area contributed by atoms with E-state index in [0.717, 1.165) is 0 Å². The third-order valence-corrected chi connectivity index (χ3v) is 3.61. The van der Waals surface area contributed by atoms with Gasteiger partial charge in [-0.3, -0.25) is 9.59 Å². The highest BCUT2D eigenvalue weighted by atomic mass is 16.7. The highest BCUT2D eigenvalue weighted by molar-refractivity contribution is 6.21. The van der Waals surface area contributed by atoms with E-state index in [9.17, 15) is 14.4 Å². The van der Waals surface area contributed by atoms with Crippen LogP contribution in [0, 0.1) is 0 Å². The molecule has 0 fully saturated rings. The molecule has 1 aliphatic heterocycles. The number of fused-ring (bicyclic) bond motifs is 1. The number of aromatic nitrogens is 3. The SMILES string of the molecule is O=C(ON1C(=O)c2ccccc2C1=O)c1cccc(-n2cccn2)n1. The Morgan fingerprint density at radius 1 is 0.920 bits per heavy atom. The van der Waals surface area contributed by atoms with Crippen LogP contribution in [0.1, 0.15) is 31.2 Å². The molecule has 0 unspecified atom stereocenters. The highest BCUT2D eigenvalue weighted by Gasteiger charge is 2.39. The van der Waals surface area contributed by atoms with Crippen molar-refractivity contribution >= 4 is 17.8 Å². The number of nitrogens with zero attached hydrogens (tertiary/aromatic N) is 4. The van der Waals surface area contributed by atoms with Crippen molar-refractivity contribution in [3.8, 4) is 5.82 Å². The number of hydroxylamine groups is 2. The predicted octanol–water partition coefficient (Wildman–Crippen LogP) is 1.64. The third-order valence-electron chi connectivity index (χ3n) is 3.61. The summed E-state index contributed by atoms with van der Waals surface area (Å²) in [5.41, 5.74) is 0.335. The van der Waals surface area contributed by atoms with Crippen LogP contribution in [0.2, 0.25) is 0 Å². The Kier molecular flexibility index (Phi) is 3.35. The van der Waals surface area contributed by atoms with E-state index in [-0.39, 0.29) is 16.8 Å². The van der Waals surface area contributed by atoms with Gasteiger partial charge in [-0.25, -0.2) is 14.5 Å². The molecule has 0 saturated heterocycles. The zero-order chi connectivity index (χ0) is 17.4. The van der Waals surface area contributed by atoms with Crippen LogP contribution in [0.25, 0.3) is 5.82 Å². The Labute approximate surface area is 141 Å². The van der Waals surface area contributed by atoms with Crippen LogP contribution in [-0.2, 0) is 4.84 Å². The normalized spacial score (nSPS) is 13.0. The smallest absolute Gasteiger partial charge is 0.323 e. The van der Waals surface area contributed by atoms with Gasteiger partial charge in [0.25, 0.3) is 11.8 Å². The van der Waals surface area contributed by atoms with Crippen molar-refractivity contribution in [2.75, 3.05) is 0 Å². The zero-order valence-corrected chi connectivity index (χ0v) is 12.7. The van der Waals surface area contributed by atoms with Crippen LogP contribution in [0.5, 0.6) is 0 Å². The van der Waals surface area contributed by atoms with Crippen LogP contribution >= 0.6 is 0 Å². The molecule has 3 heterocycles. The summed E-state index contributed by atoms with van der Waals surface area (Å²) in [5.74, 6) is -1.88. The van der Waals surface area contributed by atoms with Gasteiger partial charge >= 0.3 is 5.97 Å². The lowest BCUT2D eigenvalue weighted by Crippen LogP contribution is -2.33. The van der Waals surface area contributed by atoms with Crippen LogP contribution in [0.15, 0.2) is 60.9 Å². The van der Waals surface area contributed by atoms with Gasteiger partial charge in [-0.1, -0.05) is 23.3 Å². The Bertz CT molecular complexity index is 962. The van der Waals surface area contributed by atoms with Gasteiger partial charge in [0.15, 0.2) is 11.5 Å². The quantitative estimate of drug-likeness (QED) is 0.676. The molecule has 122 valence electrons. The Balaban J connectivity index is 1.58. The summed E-state index contributed by atoms with van der Waals surface area (Å²) in [6.45, 7) is 0. The number of amides is 2. The van der Waals surface area contributed by atoms with Crippen LogP contribution in [-0.4, -0.2) is 37.6 Å². The number of imide groups is 1. The van der Waals surface area contributed by atoms with E-state index in [1.165, 1.54) is 22.9 Å². The van der Waals surface area contributed by atoms with Gasteiger partial charge in [0.05, 0.1) is 11.1 Å². The van der Waals surface area contributed by atoms with Gasteiger partial charge in [0.2, 0.25) is 0 Å². The summed E-state index contributed by atoms with van der Waals surface area (Å²) in [4.78, 5) is 45.9. The van der Waals surface area contributed by atoms with Crippen LogP contribution in [0.4, 0.5) is 0 Å². The van der Waals surface area contributed by atoms with Crippen molar-refractivity contribution in [3.05, 3.63) is 77.7 Å². The van der Waals surface area contributed by atoms with Crippen molar-refractivity contribution in [3.63, 3.8) is 0 Å². The number of rotatable bonds is 3. The number of hydrogen-bond donors (Lipinski definition) is 0. The van der Waals surface area contributed by atoms with Gasteiger partial charge in [0, 0.05) is 12.4 Å². The summed E-state index contributed by atoms with van der Waals surface area (Å²) in [5, 5.41) is 4.48. The van der Waals surface area contributed by atoms with E-state index in [2.05, 4.69) is 10.1 Å². The minimum Gasteiger partial charge on any atom is -0.323 e. The summed E-state index contributed by atoms with van der Waals surface area (Å²) in [6.07, 6.45) is 3.24. The second-order valence-electron chi connectivity index (χ2n) is 5.16. The van der Waals surface area contributed by atoms with Gasteiger partial charge in [-0.05, 0) is 30.3 Å². The van der Waals surface area contributed by atoms with Crippen molar-refractivity contribution in [1.29, 1.82) is 0 Å². The molecule has 2 aromatic heterocycles. The molecule has 8 heteroatoms. The van der Waals surface area contributed by atoms with E-state index in [1.54, 1.807) is 42.7 Å². The maximum absolute atomic E-state index is 12.3. The molecule has 3 aromatic rings. The molecule has 0 bridgehead atoms. The summed E-state index contributed by atoms with van der Waals surface area (Å²) >= 11 is 0.